The van der Waals surface area contributed by atoms with Gasteiger partial charge in [-0.05, 0) is 49.1 Å². The van der Waals surface area contributed by atoms with Crippen molar-refractivity contribution in [2.24, 2.45) is 0 Å². The smallest absolute Gasteiger partial charge is 0.339 e. The Labute approximate surface area is 179 Å². The van der Waals surface area contributed by atoms with Crippen molar-refractivity contribution in [3.05, 3.63) is 68.7 Å². The molecule has 0 bridgehead atoms. The molecule has 0 saturated carbocycles. The van der Waals surface area contributed by atoms with E-state index in [4.69, 9.17) is 32.7 Å². The number of rotatable bonds is 9. The zero-order chi connectivity index (χ0) is 21.7. The Morgan fingerprint density at radius 1 is 1.07 bits per heavy atom. The minimum atomic E-state index is -1.19. The van der Waals surface area contributed by atoms with Gasteiger partial charge in [0.15, 0.2) is 5.78 Å². The molecule has 0 fully saturated rings. The number of ether oxygens (including phenoxy) is 2. The summed E-state index contributed by atoms with van der Waals surface area (Å²) in [6, 6.07) is 6.09. The van der Waals surface area contributed by atoms with Gasteiger partial charge >= 0.3 is 5.97 Å². The van der Waals surface area contributed by atoms with E-state index in [9.17, 15) is 14.7 Å². The predicted octanol–water partition coefficient (Wildman–Crippen LogP) is 5.64. The van der Waals surface area contributed by atoms with E-state index in [1.165, 1.54) is 32.4 Å². The van der Waals surface area contributed by atoms with Gasteiger partial charge in [-0.15, -0.1) is 6.58 Å². The first-order chi connectivity index (χ1) is 13.7. The summed E-state index contributed by atoms with van der Waals surface area (Å²) < 4.78 is 10.7. The molecule has 0 amide bonds. The lowest BCUT2D eigenvalue weighted by atomic mass is 9.90. The van der Waals surface area contributed by atoms with Gasteiger partial charge in [0.2, 0.25) is 0 Å². The second-order valence-electron chi connectivity index (χ2n) is 6.60. The molecule has 0 aliphatic heterocycles. The van der Waals surface area contributed by atoms with Crippen molar-refractivity contribution < 1.29 is 24.2 Å². The van der Waals surface area contributed by atoms with E-state index in [1.807, 2.05) is 6.92 Å². The predicted molar refractivity (Wildman–Crippen MR) is 114 cm³/mol. The Bertz CT molecular complexity index is 966. The minimum absolute atomic E-state index is 0.0662. The lowest BCUT2D eigenvalue weighted by Crippen LogP contribution is -2.15. The van der Waals surface area contributed by atoms with Crippen LogP contribution in [0.2, 0.25) is 10.0 Å². The van der Waals surface area contributed by atoms with Crippen LogP contribution in [0.3, 0.4) is 0 Å². The van der Waals surface area contributed by atoms with E-state index < -0.39 is 5.97 Å². The second kappa shape index (κ2) is 9.81. The fourth-order valence-corrected chi connectivity index (χ4v) is 3.60. The highest BCUT2D eigenvalue weighted by Crippen LogP contribution is 2.36. The van der Waals surface area contributed by atoms with Crippen molar-refractivity contribution in [2.75, 3.05) is 14.2 Å². The molecule has 0 saturated heterocycles. The molecule has 0 unspecified atom stereocenters. The van der Waals surface area contributed by atoms with Crippen molar-refractivity contribution in [1.29, 1.82) is 0 Å². The number of carboxylic acids is 1. The fourth-order valence-electron chi connectivity index (χ4n) is 3.08. The lowest BCUT2D eigenvalue weighted by molar-refractivity contribution is 0.0692. The molecule has 2 aromatic rings. The van der Waals surface area contributed by atoms with Crippen LogP contribution in [0.15, 0.2) is 36.4 Å². The van der Waals surface area contributed by atoms with Gasteiger partial charge in [0.1, 0.15) is 17.1 Å². The number of carbonyl (C=O) groups is 2. The van der Waals surface area contributed by atoms with Crippen molar-refractivity contribution in [2.45, 2.75) is 26.2 Å². The third kappa shape index (κ3) is 5.31. The van der Waals surface area contributed by atoms with Gasteiger partial charge in [-0.1, -0.05) is 28.8 Å². The number of hydrogen-bond acceptors (Lipinski definition) is 4. The van der Waals surface area contributed by atoms with Gasteiger partial charge < -0.3 is 14.6 Å². The van der Waals surface area contributed by atoms with Gasteiger partial charge in [0, 0.05) is 23.1 Å². The summed E-state index contributed by atoms with van der Waals surface area (Å²) in [5.74, 6) is -0.941. The molecule has 2 rings (SSSR count). The molecule has 29 heavy (non-hydrogen) atoms. The van der Waals surface area contributed by atoms with E-state index in [2.05, 4.69) is 6.58 Å². The molecule has 0 aromatic heterocycles. The largest absolute Gasteiger partial charge is 0.496 e. The number of aromatic carboxylic acids is 1. The molecule has 0 spiro atoms. The summed E-state index contributed by atoms with van der Waals surface area (Å²) in [6.45, 7) is 5.78. The Balaban J connectivity index is 2.65. The van der Waals surface area contributed by atoms with Crippen LogP contribution >= 0.6 is 23.2 Å². The summed E-state index contributed by atoms with van der Waals surface area (Å²) in [5.41, 5.74) is 2.10. The maximum absolute atomic E-state index is 13.0. The maximum Gasteiger partial charge on any atom is 0.339 e. The number of allylic oxidation sites excluding steroid dienone is 1. The fraction of sp³-hybridized carbons (Fsp3) is 0.273. The average molecular weight is 437 g/mol. The SMILES string of the molecule is C=C(C)CCc1c(OC)cc(OC)c(C(=O)O)c1CC(=O)c1ccc(Cl)cc1Cl. The van der Waals surface area contributed by atoms with E-state index in [-0.39, 0.29) is 34.1 Å². The van der Waals surface area contributed by atoms with Crippen LogP contribution in [0.25, 0.3) is 0 Å². The molecule has 0 atom stereocenters. The van der Waals surface area contributed by atoms with Crippen molar-refractivity contribution in [3.8, 4) is 11.5 Å². The van der Waals surface area contributed by atoms with Gasteiger partial charge in [0.25, 0.3) is 0 Å². The molecule has 7 heteroatoms. The van der Waals surface area contributed by atoms with Crippen LogP contribution in [0.4, 0.5) is 0 Å². The summed E-state index contributed by atoms with van der Waals surface area (Å²) in [4.78, 5) is 25.0. The van der Waals surface area contributed by atoms with Crippen LogP contribution in [-0.4, -0.2) is 31.1 Å². The maximum atomic E-state index is 13.0. The second-order valence-corrected chi connectivity index (χ2v) is 7.44. The first-order valence-corrected chi connectivity index (χ1v) is 9.57. The van der Waals surface area contributed by atoms with Crippen LogP contribution in [-0.2, 0) is 12.8 Å². The standard InChI is InChI=1S/C22H22Cl2O5/c1-12(2)5-7-14-16(10-18(25)15-8-6-13(23)9-17(15)24)21(22(26)27)20(29-4)11-19(14)28-3/h6,8-9,11H,1,5,7,10H2,2-4H3,(H,26,27). The zero-order valence-electron chi connectivity index (χ0n) is 16.5. The van der Waals surface area contributed by atoms with Crippen LogP contribution in [0, 0.1) is 0 Å². The van der Waals surface area contributed by atoms with E-state index in [0.717, 1.165) is 5.57 Å². The zero-order valence-corrected chi connectivity index (χ0v) is 18.0. The molecule has 1 N–H and O–H groups in total. The first kappa shape index (κ1) is 22.8. The molecule has 0 heterocycles. The molecular formula is C22H22Cl2O5. The summed E-state index contributed by atoms with van der Waals surface area (Å²) in [5, 5.41) is 10.4. The molecule has 0 aliphatic carbocycles. The lowest BCUT2D eigenvalue weighted by Gasteiger charge is -2.19. The molecule has 2 aromatic carbocycles. The Kier molecular flexibility index (Phi) is 7.71. The topological polar surface area (TPSA) is 72.8 Å². The molecule has 154 valence electrons. The molecule has 0 radical (unpaired) electrons. The highest BCUT2D eigenvalue weighted by molar-refractivity contribution is 6.36. The Morgan fingerprint density at radius 3 is 2.24 bits per heavy atom. The van der Waals surface area contributed by atoms with Crippen molar-refractivity contribution in [3.63, 3.8) is 0 Å². The van der Waals surface area contributed by atoms with E-state index >= 15 is 0 Å². The van der Waals surface area contributed by atoms with Crippen molar-refractivity contribution in [1.82, 2.24) is 0 Å². The first-order valence-electron chi connectivity index (χ1n) is 8.82. The number of carbonyl (C=O) groups excluding carboxylic acids is 1. The molecular weight excluding hydrogens is 415 g/mol. The number of carboxylic acid groups (broad SMARTS) is 1. The Morgan fingerprint density at radius 2 is 1.72 bits per heavy atom. The quantitative estimate of drug-likeness (QED) is 0.406. The van der Waals surface area contributed by atoms with Crippen molar-refractivity contribution >= 4 is 35.0 Å². The number of methoxy groups -OCH3 is 2. The minimum Gasteiger partial charge on any atom is -0.496 e. The third-order valence-electron chi connectivity index (χ3n) is 4.50. The van der Waals surface area contributed by atoms with Gasteiger partial charge in [0.05, 0.1) is 19.2 Å². The Hall–Kier alpha value is -2.50. The normalized spacial score (nSPS) is 10.5. The van der Waals surface area contributed by atoms with Gasteiger partial charge in [-0.25, -0.2) is 4.79 Å². The highest BCUT2D eigenvalue weighted by Gasteiger charge is 2.26. The third-order valence-corrected chi connectivity index (χ3v) is 5.04. The molecule has 5 nitrogen and oxygen atoms in total. The monoisotopic (exact) mass is 436 g/mol. The number of ketones is 1. The van der Waals surface area contributed by atoms with Crippen LogP contribution in [0.5, 0.6) is 11.5 Å². The molecule has 0 aliphatic rings. The summed E-state index contributed by atoms with van der Waals surface area (Å²) in [6.07, 6.45) is 0.909. The average Bonchev–Trinajstić information content (AvgIpc) is 2.65. The van der Waals surface area contributed by atoms with Crippen LogP contribution in [0.1, 0.15) is 45.2 Å². The number of halogens is 2. The summed E-state index contributed by atoms with van der Waals surface area (Å²) >= 11 is 12.1. The number of hydrogen-bond donors (Lipinski definition) is 1. The van der Waals surface area contributed by atoms with E-state index in [0.29, 0.717) is 34.7 Å². The van der Waals surface area contributed by atoms with Gasteiger partial charge in [-0.3, -0.25) is 4.79 Å². The van der Waals surface area contributed by atoms with E-state index in [1.54, 1.807) is 6.07 Å². The summed E-state index contributed by atoms with van der Waals surface area (Å²) in [7, 11) is 2.86. The number of Topliss-reactive ketones (excluding diaryl/α,β-unsaturated/α-hetero) is 1. The highest BCUT2D eigenvalue weighted by atomic mass is 35.5. The number of benzene rings is 2. The van der Waals surface area contributed by atoms with Gasteiger partial charge in [-0.2, -0.15) is 0 Å². The van der Waals surface area contributed by atoms with Crippen LogP contribution < -0.4 is 9.47 Å².